The molecule has 1 aliphatic carbocycles. The molecule has 0 bridgehead atoms. The quantitative estimate of drug-likeness (QED) is 0.576. The number of nitrogens with zero attached hydrogens (tertiary/aromatic N) is 2. The van der Waals surface area contributed by atoms with Gasteiger partial charge in [-0.2, -0.15) is 5.10 Å². The van der Waals surface area contributed by atoms with Crippen LogP contribution in [0.15, 0.2) is 5.10 Å². The fraction of sp³-hybridized carbons (Fsp3) is 0.750. The first-order chi connectivity index (χ1) is 6.09. The average Bonchev–Trinajstić information content (AvgIpc) is 2.08. The molecule has 0 atom stereocenters. The Bertz CT molecular complexity index is 217. The summed E-state index contributed by atoms with van der Waals surface area (Å²) in [7, 11) is 1.53. The Labute approximate surface area is 77.2 Å². The van der Waals surface area contributed by atoms with Crippen LogP contribution < -0.4 is 5.73 Å². The molecule has 2 amide bonds. The van der Waals surface area contributed by atoms with Crippen molar-refractivity contribution in [1.29, 1.82) is 0 Å². The van der Waals surface area contributed by atoms with Gasteiger partial charge in [0.15, 0.2) is 0 Å². The van der Waals surface area contributed by atoms with Crippen molar-refractivity contribution >= 4 is 11.7 Å². The molecule has 1 fully saturated rings. The molecule has 0 spiro atoms. The zero-order valence-corrected chi connectivity index (χ0v) is 7.73. The predicted molar refractivity (Wildman–Crippen MR) is 49.3 cm³/mol. The van der Waals surface area contributed by atoms with Gasteiger partial charge in [0, 0.05) is 12.8 Å². The molecule has 0 heterocycles. The third-order valence-corrected chi connectivity index (χ3v) is 2.14. The van der Waals surface area contributed by atoms with Gasteiger partial charge in [0.2, 0.25) is 0 Å². The molecule has 0 aliphatic heterocycles. The first-order valence-corrected chi connectivity index (χ1v) is 4.37. The second-order valence-electron chi connectivity index (χ2n) is 3.26. The van der Waals surface area contributed by atoms with Gasteiger partial charge in [0.25, 0.3) is 0 Å². The molecular formula is C8H15N3O2. The number of rotatable bonds is 1. The van der Waals surface area contributed by atoms with Gasteiger partial charge in [-0.1, -0.05) is 0 Å². The minimum absolute atomic E-state index is 0.210. The van der Waals surface area contributed by atoms with Gasteiger partial charge >= 0.3 is 6.03 Å². The molecule has 13 heavy (non-hydrogen) atoms. The van der Waals surface area contributed by atoms with E-state index in [4.69, 9.17) is 5.73 Å². The van der Waals surface area contributed by atoms with E-state index >= 15 is 0 Å². The zero-order valence-electron chi connectivity index (χ0n) is 7.73. The Balaban J connectivity index is 2.48. The lowest BCUT2D eigenvalue weighted by Gasteiger charge is -2.19. The maximum atomic E-state index is 10.6. The Hall–Kier alpha value is -1.10. The van der Waals surface area contributed by atoms with Crippen LogP contribution in [0, 0.1) is 0 Å². The lowest BCUT2D eigenvalue weighted by molar-refractivity contribution is 0.151. The number of carbonyl (C=O) groups is 1. The van der Waals surface area contributed by atoms with E-state index in [1.54, 1.807) is 0 Å². The summed E-state index contributed by atoms with van der Waals surface area (Å²) in [5, 5.41) is 14.4. The molecule has 0 radical (unpaired) electrons. The smallest absolute Gasteiger partial charge is 0.334 e. The van der Waals surface area contributed by atoms with E-state index in [1.807, 2.05) is 0 Å². The summed E-state index contributed by atoms with van der Waals surface area (Å²) in [6.07, 6.45) is 2.74. The van der Waals surface area contributed by atoms with Crippen molar-refractivity contribution in [2.75, 3.05) is 7.05 Å². The van der Waals surface area contributed by atoms with Crippen molar-refractivity contribution in [3.8, 4) is 0 Å². The highest BCUT2D eigenvalue weighted by atomic mass is 16.3. The van der Waals surface area contributed by atoms with Crippen LogP contribution in [0.3, 0.4) is 0 Å². The summed E-state index contributed by atoms with van der Waals surface area (Å²) in [6, 6.07) is -0.557. The van der Waals surface area contributed by atoms with Gasteiger partial charge in [0.05, 0.1) is 6.10 Å². The molecule has 0 unspecified atom stereocenters. The number of amides is 2. The molecular weight excluding hydrogens is 170 g/mol. The van der Waals surface area contributed by atoms with E-state index in [2.05, 4.69) is 5.10 Å². The zero-order chi connectivity index (χ0) is 9.84. The van der Waals surface area contributed by atoms with E-state index in [0.717, 1.165) is 36.4 Å². The summed E-state index contributed by atoms with van der Waals surface area (Å²) in [6.45, 7) is 0. The highest BCUT2D eigenvalue weighted by Gasteiger charge is 2.15. The monoisotopic (exact) mass is 185 g/mol. The normalized spacial score (nSPS) is 22.6. The predicted octanol–water partition coefficient (Wildman–Crippen LogP) is 0.288. The van der Waals surface area contributed by atoms with Crippen LogP contribution in [0.25, 0.3) is 0 Å². The molecule has 5 heteroatoms. The highest BCUT2D eigenvalue weighted by Crippen LogP contribution is 2.15. The number of hydrogen-bond acceptors (Lipinski definition) is 3. The Morgan fingerprint density at radius 2 is 2.15 bits per heavy atom. The maximum absolute atomic E-state index is 10.6. The van der Waals surface area contributed by atoms with Gasteiger partial charge in [-0.3, -0.25) is 0 Å². The standard InChI is InChI=1S/C8H15N3O2/c1-11(8(9)13)10-6-2-4-7(12)5-3-6/h7,12H,2-5H2,1H3,(H2,9,13). The van der Waals surface area contributed by atoms with Crippen LogP contribution in [0.2, 0.25) is 0 Å². The van der Waals surface area contributed by atoms with Gasteiger partial charge in [-0.05, 0) is 25.7 Å². The average molecular weight is 185 g/mol. The Morgan fingerprint density at radius 3 is 2.62 bits per heavy atom. The van der Waals surface area contributed by atoms with E-state index in [0.29, 0.717) is 0 Å². The molecule has 5 nitrogen and oxygen atoms in total. The third kappa shape index (κ3) is 3.02. The van der Waals surface area contributed by atoms with Gasteiger partial charge in [-0.15, -0.1) is 0 Å². The highest BCUT2D eigenvalue weighted by molar-refractivity contribution is 5.86. The summed E-state index contributed by atoms with van der Waals surface area (Å²) in [5.41, 5.74) is 5.95. The third-order valence-electron chi connectivity index (χ3n) is 2.14. The van der Waals surface area contributed by atoms with Gasteiger partial charge in [0.1, 0.15) is 0 Å². The number of aliphatic hydroxyl groups excluding tert-OH is 1. The van der Waals surface area contributed by atoms with Crippen LogP contribution in [0.1, 0.15) is 25.7 Å². The Morgan fingerprint density at radius 1 is 1.62 bits per heavy atom. The molecule has 3 N–H and O–H groups in total. The molecule has 0 aromatic carbocycles. The second kappa shape index (κ2) is 4.23. The SMILES string of the molecule is CN(N=C1CCC(O)CC1)C(N)=O. The number of hydrazone groups is 1. The fourth-order valence-corrected chi connectivity index (χ4v) is 1.30. The molecule has 0 aromatic heterocycles. The first kappa shape index (κ1) is 9.98. The minimum Gasteiger partial charge on any atom is -0.393 e. The minimum atomic E-state index is -0.557. The molecule has 0 aromatic rings. The van der Waals surface area contributed by atoms with Crippen LogP contribution >= 0.6 is 0 Å². The van der Waals surface area contributed by atoms with Crippen molar-refractivity contribution in [2.45, 2.75) is 31.8 Å². The van der Waals surface area contributed by atoms with Crippen molar-refractivity contribution in [3.63, 3.8) is 0 Å². The molecule has 1 aliphatic rings. The van der Waals surface area contributed by atoms with E-state index in [9.17, 15) is 9.90 Å². The van der Waals surface area contributed by atoms with Crippen molar-refractivity contribution < 1.29 is 9.90 Å². The first-order valence-electron chi connectivity index (χ1n) is 4.37. The van der Waals surface area contributed by atoms with Crippen molar-refractivity contribution in [2.24, 2.45) is 10.8 Å². The van der Waals surface area contributed by atoms with Gasteiger partial charge in [-0.25, -0.2) is 9.80 Å². The fourth-order valence-electron chi connectivity index (χ4n) is 1.30. The summed E-state index contributed by atoms with van der Waals surface area (Å²) in [5.74, 6) is 0. The van der Waals surface area contributed by atoms with Crippen LogP contribution in [0.4, 0.5) is 4.79 Å². The molecule has 0 saturated heterocycles. The number of urea groups is 1. The largest absolute Gasteiger partial charge is 0.393 e. The van der Waals surface area contributed by atoms with Crippen LogP contribution in [0.5, 0.6) is 0 Å². The summed E-state index contributed by atoms with van der Waals surface area (Å²) < 4.78 is 0. The lowest BCUT2D eigenvalue weighted by atomic mass is 9.96. The van der Waals surface area contributed by atoms with Crippen molar-refractivity contribution in [1.82, 2.24) is 5.01 Å². The number of hydrogen-bond donors (Lipinski definition) is 2. The number of carbonyl (C=O) groups excluding carboxylic acids is 1. The number of primary amides is 1. The Kier molecular flexibility index (Phi) is 3.25. The number of aliphatic hydroxyl groups is 1. The number of nitrogens with two attached hydrogens (primary N) is 1. The topological polar surface area (TPSA) is 78.9 Å². The van der Waals surface area contributed by atoms with Gasteiger partial charge < -0.3 is 10.8 Å². The summed E-state index contributed by atoms with van der Waals surface area (Å²) in [4.78, 5) is 10.6. The van der Waals surface area contributed by atoms with Crippen LogP contribution in [-0.4, -0.2) is 35.0 Å². The molecule has 1 saturated carbocycles. The lowest BCUT2D eigenvalue weighted by Crippen LogP contribution is -2.29. The second-order valence-corrected chi connectivity index (χ2v) is 3.26. The van der Waals surface area contributed by atoms with E-state index < -0.39 is 6.03 Å². The van der Waals surface area contributed by atoms with E-state index in [1.165, 1.54) is 7.05 Å². The van der Waals surface area contributed by atoms with Crippen LogP contribution in [-0.2, 0) is 0 Å². The van der Waals surface area contributed by atoms with Crippen molar-refractivity contribution in [3.05, 3.63) is 0 Å². The van der Waals surface area contributed by atoms with E-state index in [-0.39, 0.29) is 6.10 Å². The summed E-state index contributed by atoms with van der Waals surface area (Å²) >= 11 is 0. The molecule has 1 rings (SSSR count). The maximum Gasteiger partial charge on any atom is 0.334 e. The molecule has 74 valence electrons.